The molecule has 0 aliphatic heterocycles. The molecule has 3 nitrogen and oxygen atoms in total. The molecule has 0 N–H and O–H groups in total. The minimum Gasteiger partial charge on any atom is -0.296 e. The van der Waals surface area contributed by atoms with Crippen LogP contribution in [0.25, 0.3) is 0 Å². The molecule has 1 atom stereocenters. The molecule has 0 aliphatic carbocycles. The van der Waals surface area contributed by atoms with Crippen LogP contribution in [-0.4, -0.2) is 15.8 Å². The molecule has 1 heterocycles. The average Bonchev–Trinajstić information content (AvgIpc) is 2.70. The van der Waals surface area contributed by atoms with Crippen LogP contribution in [0.15, 0.2) is 36.5 Å². The summed E-state index contributed by atoms with van der Waals surface area (Å²) in [4.78, 5) is 14.2. The van der Waals surface area contributed by atoms with Gasteiger partial charge in [-0.05, 0) is 12.5 Å². The topological polar surface area (TPSA) is 34.9 Å². The Morgan fingerprint density at radius 2 is 2.06 bits per heavy atom. The fourth-order valence-corrected chi connectivity index (χ4v) is 1.70. The molecule has 0 spiro atoms. The summed E-state index contributed by atoms with van der Waals surface area (Å²) in [5.74, 6) is 0. The molecule has 1 aromatic carbocycles. The molecular weight excluding hydrogens is 207 g/mol. The quantitative estimate of drug-likeness (QED) is 0.741. The van der Waals surface area contributed by atoms with Gasteiger partial charge in [0.05, 0.1) is 12.2 Å². The Balaban J connectivity index is 2.44. The maximum Gasteiger partial charge on any atom is 0.290 e. The molecule has 82 valence electrons. The highest BCUT2D eigenvalue weighted by atomic mass is 19.1. The van der Waals surface area contributed by atoms with Crippen molar-refractivity contribution in [1.29, 1.82) is 0 Å². The number of hydrogen-bond acceptors (Lipinski definition) is 2. The SMILES string of the molecule is C[C@H](c1ccccc1)n1c(C=O)cnc1F. The zero-order valence-corrected chi connectivity index (χ0v) is 8.80. The zero-order valence-electron chi connectivity index (χ0n) is 8.80. The van der Waals surface area contributed by atoms with E-state index in [9.17, 15) is 9.18 Å². The number of carbonyl (C=O) groups is 1. The first-order valence-electron chi connectivity index (χ1n) is 4.97. The molecule has 2 aromatic rings. The molecule has 4 heteroatoms. The van der Waals surface area contributed by atoms with E-state index in [2.05, 4.69) is 4.98 Å². The standard InChI is InChI=1S/C12H11FN2O/c1-9(10-5-3-2-4-6-10)15-11(8-16)7-14-12(15)13/h2-9H,1H3/t9-/m1/s1. The van der Waals surface area contributed by atoms with E-state index < -0.39 is 6.08 Å². The van der Waals surface area contributed by atoms with Crippen molar-refractivity contribution in [3.63, 3.8) is 0 Å². The lowest BCUT2D eigenvalue weighted by atomic mass is 10.1. The Labute approximate surface area is 92.5 Å². The highest BCUT2D eigenvalue weighted by Gasteiger charge is 2.16. The molecule has 0 aliphatic rings. The molecule has 0 amide bonds. The van der Waals surface area contributed by atoms with E-state index >= 15 is 0 Å². The van der Waals surface area contributed by atoms with Gasteiger partial charge in [-0.3, -0.25) is 9.36 Å². The summed E-state index contributed by atoms with van der Waals surface area (Å²) in [6.07, 6.45) is 1.20. The van der Waals surface area contributed by atoms with Gasteiger partial charge in [0.2, 0.25) is 0 Å². The van der Waals surface area contributed by atoms with Gasteiger partial charge in [0.1, 0.15) is 5.69 Å². The second-order valence-electron chi connectivity index (χ2n) is 3.53. The summed E-state index contributed by atoms with van der Waals surface area (Å²) in [6, 6.07) is 9.17. The maximum absolute atomic E-state index is 13.4. The van der Waals surface area contributed by atoms with Crippen molar-refractivity contribution < 1.29 is 9.18 Å². The summed E-state index contributed by atoms with van der Waals surface area (Å²) in [5, 5.41) is 0. The predicted octanol–water partition coefficient (Wildman–Crippen LogP) is 2.44. The number of aromatic nitrogens is 2. The summed E-state index contributed by atoms with van der Waals surface area (Å²) in [6.45, 7) is 1.83. The molecule has 0 saturated heterocycles. The fourth-order valence-electron chi connectivity index (χ4n) is 1.70. The first kappa shape index (κ1) is 10.5. The van der Waals surface area contributed by atoms with E-state index in [1.165, 1.54) is 10.8 Å². The van der Waals surface area contributed by atoms with Crippen molar-refractivity contribution in [1.82, 2.24) is 9.55 Å². The van der Waals surface area contributed by atoms with E-state index in [0.29, 0.717) is 6.29 Å². The molecule has 0 fully saturated rings. The number of hydrogen-bond donors (Lipinski definition) is 0. The van der Waals surface area contributed by atoms with Crippen LogP contribution in [0.1, 0.15) is 29.0 Å². The Morgan fingerprint density at radius 3 is 2.69 bits per heavy atom. The molecule has 2 rings (SSSR count). The number of halogens is 1. The Bertz CT molecular complexity index is 493. The number of rotatable bonds is 3. The molecule has 0 unspecified atom stereocenters. The molecule has 16 heavy (non-hydrogen) atoms. The zero-order chi connectivity index (χ0) is 11.5. The van der Waals surface area contributed by atoms with Gasteiger partial charge >= 0.3 is 0 Å². The third-order valence-corrected chi connectivity index (χ3v) is 2.57. The van der Waals surface area contributed by atoms with Crippen LogP contribution < -0.4 is 0 Å². The second-order valence-corrected chi connectivity index (χ2v) is 3.53. The van der Waals surface area contributed by atoms with Crippen LogP contribution in [0.4, 0.5) is 4.39 Å². The average molecular weight is 218 g/mol. The van der Waals surface area contributed by atoms with Crippen LogP contribution >= 0.6 is 0 Å². The molecule has 0 bridgehead atoms. The minimum atomic E-state index is -0.640. The lowest BCUT2D eigenvalue weighted by Crippen LogP contribution is -2.12. The summed E-state index contributed by atoms with van der Waals surface area (Å²) >= 11 is 0. The van der Waals surface area contributed by atoms with Crippen LogP contribution in [-0.2, 0) is 0 Å². The van der Waals surface area contributed by atoms with Crippen LogP contribution in [0.3, 0.4) is 0 Å². The molecule has 0 radical (unpaired) electrons. The Kier molecular flexibility index (Phi) is 2.81. The van der Waals surface area contributed by atoms with E-state index in [1.807, 2.05) is 37.3 Å². The Hall–Kier alpha value is -1.97. The number of aldehydes is 1. The molecule has 1 aromatic heterocycles. The monoisotopic (exact) mass is 218 g/mol. The van der Waals surface area contributed by atoms with Gasteiger partial charge in [0.15, 0.2) is 6.29 Å². The van der Waals surface area contributed by atoms with E-state index in [0.717, 1.165) is 5.56 Å². The van der Waals surface area contributed by atoms with Crippen LogP contribution in [0.2, 0.25) is 0 Å². The minimum absolute atomic E-state index is 0.244. The first-order chi connectivity index (χ1) is 7.74. The predicted molar refractivity (Wildman–Crippen MR) is 57.8 cm³/mol. The summed E-state index contributed by atoms with van der Waals surface area (Å²) in [5.41, 5.74) is 1.18. The van der Waals surface area contributed by atoms with Gasteiger partial charge < -0.3 is 0 Å². The van der Waals surface area contributed by atoms with Crippen molar-refractivity contribution >= 4 is 6.29 Å². The van der Waals surface area contributed by atoms with Crippen molar-refractivity contribution in [3.05, 3.63) is 53.9 Å². The highest BCUT2D eigenvalue weighted by molar-refractivity contribution is 5.71. The molecular formula is C12H11FN2O. The number of nitrogens with zero attached hydrogens (tertiary/aromatic N) is 2. The third-order valence-electron chi connectivity index (χ3n) is 2.57. The maximum atomic E-state index is 13.4. The van der Waals surface area contributed by atoms with E-state index in [-0.39, 0.29) is 11.7 Å². The normalized spacial score (nSPS) is 12.4. The Morgan fingerprint density at radius 1 is 1.38 bits per heavy atom. The fraction of sp³-hybridized carbons (Fsp3) is 0.167. The van der Waals surface area contributed by atoms with Crippen molar-refractivity contribution in [2.75, 3.05) is 0 Å². The number of benzene rings is 1. The summed E-state index contributed by atoms with van der Waals surface area (Å²) < 4.78 is 14.7. The lowest BCUT2D eigenvalue weighted by molar-refractivity contribution is 0.111. The van der Waals surface area contributed by atoms with Crippen LogP contribution in [0.5, 0.6) is 0 Å². The first-order valence-corrected chi connectivity index (χ1v) is 4.97. The van der Waals surface area contributed by atoms with Crippen molar-refractivity contribution in [2.24, 2.45) is 0 Å². The van der Waals surface area contributed by atoms with Crippen molar-refractivity contribution in [3.8, 4) is 0 Å². The van der Waals surface area contributed by atoms with Gasteiger partial charge in [-0.2, -0.15) is 4.39 Å². The van der Waals surface area contributed by atoms with Gasteiger partial charge in [-0.25, -0.2) is 4.98 Å². The largest absolute Gasteiger partial charge is 0.296 e. The number of carbonyl (C=O) groups excluding carboxylic acids is 1. The van der Waals surface area contributed by atoms with Crippen molar-refractivity contribution in [2.45, 2.75) is 13.0 Å². The van der Waals surface area contributed by atoms with Gasteiger partial charge in [-0.15, -0.1) is 0 Å². The van der Waals surface area contributed by atoms with E-state index in [4.69, 9.17) is 0 Å². The molecule has 0 saturated carbocycles. The second kappa shape index (κ2) is 4.26. The third kappa shape index (κ3) is 1.74. The van der Waals surface area contributed by atoms with Gasteiger partial charge in [-0.1, -0.05) is 30.3 Å². The smallest absolute Gasteiger partial charge is 0.290 e. The highest BCUT2D eigenvalue weighted by Crippen LogP contribution is 2.20. The van der Waals surface area contributed by atoms with Gasteiger partial charge in [0.25, 0.3) is 6.08 Å². The lowest BCUT2D eigenvalue weighted by Gasteiger charge is -2.15. The van der Waals surface area contributed by atoms with Crippen LogP contribution in [0, 0.1) is 6.08 Å². The number of imidazole rings is 1. The van der Waals surface area contributed by atoms with E-state index in [1.54, 1.807) is 0 Å². The van der Waals surface area contributed by atoms with Gasteiger partial charge in [0, 0.05) is 0 Å². The summed E-state index contributed by atoms with van der Waals surface area (Å²) in [7, 11) is 0.